The van der Waals surface area contributed by atoms with E-state index in [1.807, 2.05) is 26.4 Å². The first-order valence-corrected chi connectivity index (χ1v) is 8.11. The first-order chi connectivity index (χ1) is 11.5. The molecule has 2 atom stereocenters. The smallest absolute Gasteiger partial charge is 0.154 e. The largest absolute Gasteiger partial charge is 0.387 e. The molecule has 0 aliphatic heterocycles. The summed E-state index contributed by atoms with van der Waals surface area (Å²) in [6.07, 6.45) is 2.78. The molecule has 1 aliphatic carbocycles. The number of rotatable bonds is 2. The number of halogens is 2. The fraction of sp³-hybridized carbons (Fsp3) is 0.294. The number of benzene rings is 1. The molecule has 24 heavy (non-hydrogen) atoms. The van der Waals surface area contributed by atoms with Gasteiger partial charge in [0, 0.05) is 48.6 Å². The van der Waals surface area contributed by atoms with Gasteiger partial charge >= 0.3 is 0 Å². The third-order valence-corrected chi connectivity index (χ3v) is 4.79. The van der Waals surface area contributed by atoms with Crippen LogP contribution in [-0.2, 0) is 13.6 Å². The lowest BCUT2D eigenvalue weighted by atomic mass is 9.77. The maximum absolute atomic E-state index is 13.7. The van der Waals surface area contributed by atoms with Crippen molar-refractivity contribution in [3.8, 4) is 11.3 Å². The number of hydrogen-bond donors (Lipinski definition) is 1. The van der Waals surface area contributed by atoms with Crippen LogP contribution in [0.1, 0.15) is 35.6 Å². The monoisotopic (exact) mass is 346 g/mol. The van der Waals surface area contributed by atoms with Crippen LogP contribution in [0.15, 0.2) is 30.6 Å². The van der Waals surface area contributed by atoms with Crippen LogP contribution in [-0.4, -0.2) is 24.7 Å². The van der Waals surface area contributed by atoms with Crippen LogP contribution in [0.5, 0.6) is 0 Å². The van der Waals surface area contributed by atoms with Crippen LogP contribution in [0.25, 0.3) is 11.3 Å². The molecule has 0 radical (unpaired) electrons. The Hall–Kier alpha value is -2.18. The van der Waals surface area contributed by atoms with Gasteiger partial charge in [0.15, 0.2) is 5.15 Å². The summed E-state index contributed by atoms with van der Waals surface area (Å²) >= 11 is 6.31. The van der Waals surface area contributed by atoms with Gasteiger partial charge in [-0.25, -0.2) is 4.39 Å². The lowest BCUT2D eigenvalue weighted by Crippen LogP contribution is -2.18. The predicted molar refractivity (Wildman–Crippen MR) is 88.3 cm³/mol. The van der Waals surface area contributed by atoms with Gasteiger partial charge in [-0.2, -0.15) is 10.2 Å². The lowest BCUT2D eigenvalue weighted by Gasteiger charge is -2.29. The molecule has 0 saturated heterocycles. The van der Waals surface area contributed by atoms with E-state index in [-0.39, 0.29) is 5.82 Å². The summed E-state index contributed by atoms with van der Waals surface area (Å²) in [6.45, 7) is 2.64. The molecule has 2 aromatic heterocycles. The standard InChI is InChI=1S/C17H16ClFN4O/c1-3-23-8-13(17(18)21-23)14-12-7-22(2)20-15(12)10-5-4-9(19)6-11(10)16(14)24/h4-8,14,16,24H,3H2,1-2H3/t14-,16?/m1/s1. The lowest BCUT2D eigenvalue weighted by molar-refractivity contribution is 0.157. The van der Waals surface area contributed by atoms with Gasteiger partial charge in [-0.1, -0.05) is 11.6 Å². The maximum atomic E-state index is 13.7. The van der Waals surface area contributed by atoms with E-state index in [1.54, 1.807) is 15.4 Å². The van der Waals surface area contributed by atoms with Crippen LogP contribution >= 0.6 is 11.6 Å². The van der Waals surface area contributed by atoms with Gasteiger partial charge < -0.3 is 5.11 Å². The summed E-state index contributed by atoms with van der Waals surface area (Å²) in [4.78, 5) is 0. The number of aromatic nitrogens is 4. The molecule has 0 amide bonds. The molecule has 3 aromatic rings. The van der Waals surface area contributed by atoms with Crippen molar-refractivity contribution in [2.75, 3.05) is 0 Å². The zero-order valence-corrected chi connectivity index (χ0v) is 14.0. The topological polar surface area (TPSA) is 55.9 Å². The number of hydrogen-bond acceptors (Lipinski definition) is 3. The molecule has 0 bridgehead atoms. The molecule has 2 heterocycles. The van der Waals surface area contributed by atoms with E-state index < -0.39 is 12.0 Å². The second-order valence-electron chi connectivity index (χ2n) is 5.99. The van der Waals surface area contributed by atoms with E-state index in [4.69, 9.17) is 11.6 Å². The Morgan fingerprint density at radius 3 is 2.71 bits per heavy atom. The van der Waals surface area contributed by atoms with E-state index in [0.717, 1.165) is 22.4 Å². The van der Waals surface area contributed by atoms with E-state index >= 15 is 0 Å². The molecule has 1 N–H and O–H groups in total. The third-order valence-electron chi connectivity index (χ3n) is 4.50. The highest BCUT2D eigenvalue weighted by Crippen LogP contribution is 2.49. The average molecular weight is 347 g/mol. The first kappa shape index (κ1) is 15.4. The van der Waals surface area contributed by atoms with Crippen LogP contribution in [0.3, 0.4) is 0 Å². The van der Waals surface area contributed by atoms with E-state index in [1.165, 1.54) is 12.1 Å². The quantitative estimate of drug-likeness (QED) is 0.774. The molecule has 0 saturated carbocycles. The van der Waals surface area contributed by atoms with Gasteiger partial charge in [-0.05, 0) is 30.7 Å². The van der Waals surface area contributed by atoms with Crippen molar-refractivity contribution in [3.63, 3.8) is 0 Å². The summed E-state index contributed by atoms with van der Waals surface area (Å²) in [5.74, 6) is -0.822. The van der Waals surface area contributed by atoms with E-state index in [0.29, 0.717) is 17.3 Å². The maximum Gasteiger partial charge on any atom is 0.154 e. The molecule has 0 spiro atoms. The summed E-state index contributed by atoms with van der Waals surface area (Å²) in [7, 11) is 1.82. The molecule has 124 valence electrons. The molecule has 1 aliphatic rings. The Morgan fingerprint density at radius 1 is 1.21 bits per heavy atom. The molecule has 4 rings (SSSR count). The third kappa shape index (κ3) is 2.17. The highest BCUT2D eigenvalue weighted by atomic mass is 35.5. The molecule has 7 heteroatoms. The summed E-state index contributed by atoms with van der Waals surface area (Å²) < 4.78 is 17.2. The second-order valence-corrected chi connectivity index (χ2v) is 6.35. The van der Waals surface area contributed by atoms with Crippen LogP contribution < -0.4 is 0 Å². The van der Waals surface area contributed by atoms with Gasteiger partial charge in [-0.3, -0.25) is 9.36 Å². The SMILES string of the molecule is CCn1cc([C@H]2c3cn(C)nc3-c3ccc(F)cc3C2O)c(Cl)n1. The van der Waals surface area contributed by atoms with Crippen LogP contribution in [0.4, 0.5) is 4.39 Å². The normalized spacial score (nSPS) is 19.2. The van der Waals surface area contributed by atoms with Crippen LogP contribution in [0, 0.1) is 5.82 Å². The van der Waals surface area contributed by atoms with Gasteiger partial charge in [-0.15, -0.1) is 0 Å². The minimum atomic E-state index is -0.917. The van der Waals surface area contributed by atoms with Gasteiger partial charge in [0.25, 0.3) is 0 Å². The molecule has 5 nitrogen and oxygen atoms in total. The molecule has 0 fully saturated rings. The molecular weight excluding hydrogens is 331 g/mol. The summed E-state index contributed by atoms with van der Waals surface area (Å²) in [6, 6.07) is 4.40. The van der Waals surface area contributed by atoms with Crippen LogP contribution in [0.2, 0.25) is 5.15 Å². The fourth-order valence-corrected chi connectivity index (χ4v) is 3.67. The minimum absolute atomic E-state index is 0.343. The summed E-state index contributed by atoms with van der Waals surface area (Å²) in [5, 5.41) is 20.1. The number of nitrogens with zero attached hydrogens (tertiary/aromatic N) is 4. The zero-order valence-electron chi connectivity index (χ0n) is 13.2. The van der Waals surface area contributed by atoms with Crippen molar-refractivity contribution in [1.29, 1.82) is 0 Å². The molecule has 1 aromatic carbocycles. The number of aliphatic hydroxyl groups is 1. The van der Waals surface area contributed by atoms with Gasteiger partial charge in [0.05, 0.1) is 11.8 Å². The van der Waals surface area contributed by atoms with Crippen molar-refractivity contribution in [3.05, 3.63) is 58.3 Å². The highest BCUT2D eigenvalue weighted by Gasteiger charge is 2.38. The highest BCUT2D eigenvalue weighted by molar-refractivity contribution is 6.30. The molecule has 1 unspecified atom stereocenters. The van der Waals surface area contributed by atoms with Crippen molar-refractivity contribution in [2.45, 2.75) is 25.5 Å². The Kier molecular flexibility index (Phi) is 3.47. The molecular formula is C17H16ClFN4O. The Labute approximate surface area is 143 Å². The van der Waals surface area contributed by atoms with Crippen molar-refractivity contribution in [2.24, 2.45) is 7.05 Å². The number of aliphatic hydroxyl groups excluding tert-OH is 1. The predicted octanol–water partition coefficient (Wildman–Crippen LogP) is 3.27. The number of aryl methyl sites for hydroxylation is 2. The Bertz CT molecular complexity index is 933. The number of fused-ring (bicyclic) bond motifs is 3. The second kappa shape index (κ2) is 5.43. The first-order valence-electron chi connectivity index (χ1n) is 7.74. The van der Waals surface area contributed by atoms with Crippen molar-refractivity contribution < 1.29 is 9.50 Å². The van der Waals surface area contributed by atoms with Crippen molar-refractivity contribution >= 4 is 11.6 Å². The zero-order chi connectivity index (χ0) is 17.0. The Morgan fingerprint density at radius 2 is 2.00 bits per heavy atom. The van der Waals surface area contributed by atoms with E-state index in [9.17, 15) is 9.50 Å². The van der Waals surface area contributed by atoms with Crippen molar-refractivity contribution in [1.82, 2.24) is 19.6 Å². The summed E-state index contributed by atoms with van der Waals surface area (Å²) in [5.41, 5.74) is 3.58. The van der Waals surface area contributed by atoms with Gasteiger partial charge in [0.1, 0.15) is 5.82 Å². The van der Waals surface area contributed by atoms with Gasteiger partial charge in [0.2, 0.25) is 0 Å². The van der Waals surface area contributed by atoms with E-state index in [2.05, 4.69) is 10.2 Å². The fourth-order valence-electron chi connectivity index (χ4n) is 3.41. The minimum Gasteiger partial charge on any atom is -0.387 e. The Balaban J connectivity index is 1.96. The average Bonchev–Trinajstić information content (AvgIpc) is 3.11.